The van der Waals surface area contributed by atoms with Crippen LogP contribution in [0.5, 0.6) is 11.5 Å². The second-order valence-electron chi connectivity index (χ2n) is 16.6. The van der Waals surface area contributed by atoms with Gasteiger partial charge in [-0.2, -0.15) is 26.3 Å². The third-order valence-corrected chi connectivity index (χ3v) is 9.45. The van der Waals surface area contributed by atoms with Gasteiger partial charge in [-0.15, -0.1) is 0 Å². The molecule has 2 aromatic rings. The highest BCUT2D eigenvalue weighted by Crippen LogP contribution is 2.42. The van der Waals surface area contributed by atoms with Gasteiger partial charge in [-0.1, -0.05) is 0 Å². The molecule has 0 aromatic carbocycles. The molecule has 2 spiro atoms. The van der Waals surface area contributed by atoms with E-state index in [1.54, 1.807) is 4.90 Å². The van der Waals surface area contributed by atoms with Crippen molar-refractivity contribution in [2.24, 2.45) is 10.8 Å². The minimum atomic E-state index is -4.56. The lowest BCUT2D eigenvalue weighted by atomic mass is 9.72. The molecule has 19 heteroatoms. The number of hydrogen-bond acceptors (Lipinski definition) is 10. The molecule has 3 amide bonds. The van der Waals surface area contributed by atoms with Gasteiger partial charge in [-0.25, -0.2) is 14.4 Å². The number of halogens is 6. The summed E-state index contributed by atoms with van der Waals surface area (Å²) in [7, 11) is 0. The molecule has 0 aliphatic carbocycles. The quantitative estimate of drug-likeness (QED) is 0.281. The third-order valence-electron chi connectivity index (χ3n) is 9.45. The number of aromatic hydroxyl groups is 1. The number of likely N-dealkylation sites (tertiary alicyclic amines) is 3. The smallest absolute Gasteiger partial charge is 0.418 e. The van der Waals surface area contributed by atoms with Crippen molar-refractivity contribution in [1.82, 2.24) is 30.0 Å². The van der Waals surface area contributed by atoms with Gasteiger partial charge in [0.25, 0.3) is 0 Å². The van der Waals surface area contributed by atoms with E-state index in [1.807, 2.05) is 46.4 Å². The summed E-state index contributed by atoms with van der Waals surface area (Å²) in [6.07, 6.45) is -3.12. The second-order valence-corrected chi connectivity index (χ2v) is 16.6. The summed E-state index contributed by atoms with van der Waals surface area (Å²) in [5.41, 5.74) is -2.51. The Morgan fingerprint density at radius 1 is 0.643 bits per heavy atom. The molecule has 2 aromatic heterocycles. The maximum absolute atomic E-state index is 12.7. The number of amides is 3. The number of pyridine rings is 2. The fourth-order valence-electron chi connectivity index (χ4n) is 6.57. The van der Waals surface area contributed by atoms with Crippen molar-refractivity contribution >= 4 is 18.3 Å². The summed E-state index contributed by atoms with van der Waals surface area (Å²) in [5, 5.41) is 12.0. The molecular formula is C37H50F6N6O7. The molecule has 13 nitrogen and oxygen atoms in total. The van der Waals surface area contributed by atoms with Crippen LogP contribution in [0.15, 0.2) is 36.9 Å². The van der Waals surface area contributed by atoms with Gasteiger partial charge in [0.05, 0.1) is 23.5 Å². The molecule has 0 radical (unpaired) electrons. The maximum atomic E-state index is 12.7. The monoisotopic (exact) mass is 804 g/mol. The first-order chi connectivity index (χ1) is 25.8. The summed E-state index contributed by atoms with van der Waals surface area (Å²) >= 11 is 0. The zero-order valence-corrected chi connectivity index (χ0v) is 32.3. The number of rotatable bonds is 1. The Morgan fingerprint density at radius 3 is 1.48 bits per heavy atom. The lowest BCUT2D eigenvalue weighted by Gasteiger charge is -2.53. The molecule has 56 heavy (non-hydrogen) atoms. The van der Waals surface area contributed by atoms with Crippen molar-refractivity contribution in [3.05, 3.63) is 48.0 Å². The molecule has 0 unspecified atom stereocenters. The molecule has 312 valence electrons. The van der Waals surface area contributed by atoms with Gasteiger partial charge in [-0.3, -0.25) is 9.97 Å². The van der Waals surface area contributed by atoms with Crippen molar-refractivity contribution in [1.29, 1.82) is 0 Å². The fourth-order valence-corrected chi connectivity index (χ4v) is 6.57. The number of ether oxygens (including phenoxy) is 3. The van der Waals surface area contributed by atoms with Crippen molar-refractivity contribution in [3.8, 4) is 11.5 Å². The first kappa shape index (κ1) is 44.2. The van der Waals surface area contributed by atoms with Gasteiger partial charge >= 0.3 is 30.6 Å². The van der Waals surface area contributed by atoms with Gasteiger partial charge in [0.1, 0.15) is 17.0 Å². The van der Waals surface area contributed by atoms with E-state index in [9.17, 15) is 40.7 Å². The van der Waals surface area contributed by atoms with Gasteiger partial charge in [0, 0.05) is 62.5 Å². The van der Waals surface area contributed by atoms with E-state index in [0.29, 0.717) is 62.9 Å². The Kier molecular flexibility index (Phi) is 13.3. The number of nitrogens with zero attached hydrogens (tertiary/aromatic N) is 5. The van der Waals surface area contributed by atoms with Crippen LogP contribution in [0.1, 0.15) is 78.4 Å². The van der Waals surface area contributed by atoms with Crippen LogP contribution in [-0.2, 0) is 21.8 Å². The Bertz CT molecular complexity index is 1660. The molecular weight excluding hydrogens is 754 g/mol. The van der Waals surface area contributed by atoms with Crippen molar-refractivity contribution in [2.75, 3.05) is 52.4 Å². The summed E-state index contributed by atoms with van der Waals surface area (Å²) in [4.78, 5) is 47.7. The number of alkyl halides is 6. The number of carbonyl (C=O) groups is 3. The van der Waals surface area contributed by atoms with Crippen molar-refractivity contribution in [3.63, 3.8) is 0 Å². The number of piperidine rings is 2. The van der Waals surface area contributed by atoms with Crippen molar-refractivity contribution < 1.29 is 60.0 Å². The van der Waals surface area contributed by atoms with Crippen LogP contribution in [-0.4, -0.2) is 112 Å². The highest BCUT2D eigenvalue weighted by atomic mass is 19.4. The molecule has 0 bridgehead atoms. The van der Waals surface area contributed by atoms with Gasteiger partial charge in [0.15, 0.2) is 5.75 Å². The van der Waals surface area contributed by atoms with Crippen LogP contribution in [0.25, 0.3) is 0 Å². The van der Waals surface area contributed by atoms with E-state index in [2.05, 4.69) is 15.3 Å². The van der Waals surface area contributed by atoms with E-state index in [1.165, 1.54) is 17.7 Å². The summed E-state index contributed by atoms with van der Waals surface area (Å²) in [6.45, 7) is 17.0. The van der Waals surface area contributed by atoms with E-state index < -0.39 is 40.9 Å². The van der Waals surface area contributed by atoms with E-state index >= 15 is 0 Å². The number of aromatic nitrogens is 2. The molecule has 0 atom stereocenters. The van der Waals surface area contributed by atoms with Crippen LogP contribution in [0.3, 0.4) is 0 Å². The van der Waals surface area contributed by atoms with Crippen LogP contribution in [0, 0.1) is 10.8 Å². The lowest BCUT2D eigenvalue weighted by molar-refractivity contribution is -0.138. The first-order valence-corrected chi connectivity index (χ1v) is 18.1. The molecule has 4 aliphatic heterocycles. The standard InChI is InChI=1S/C19H24F3N3O4.C12H22N2O2.C6H4F3NO/c1-17(2,3)29-16(27)25-11-18(12-25)4-6-24(7-5-18)15(26)28-14-8-13(9-23-10-14)19(20,21)22;1-11(2,3)16-10(15)14-8-12(9-14)4-6-13-7-5-12;7-6(8,9)4-1-5(11)3-10-2-4/h8-10H,4-7,11-12H2,1-3H3;13H,4-9H2,1-3H3;1-3,11H. The molecule has 4 aliphatic rings. The largest absolute Gasteiger partial charge is 0.506 e. The topological polar surface area (TPSA) is 147 Å². The highest BCUT2D eigenvalue weighted by molar-refractivity contribution is 5.71. The highest BCUT2D eigenvalue weighted by Gasteiger charge is 2.49. The Balaban J connectivity index is 0.000000214. The van der Waals surface area contributed by atoms with Gasteiger partial charge in [-0.05, 0) is 92.4 Å². The maximum Gasteiger partial charge on any atom is 0.418 e. The average molecular weight is 805 g/mol. The Labute approximate surface area is 321 Å². The zero-order chi connectivity index (χ0) is 41.7. The van der Waals surface area contributed by atoms with Crippen LogP contribution < -0.4 is 10.1 Å². The fraction of sp³-hybridized carbons (Fsp3) is 0.649. The predicted molar refractivity (Wildman–Crippen MR) is 190 cm³/mol. The molecule has 6 rings (SSSR count). The van der Waals surface area contributed by atoms with Crippen LogP contribution in [0.2, 0.25) is 0 Å². The van der Waals surface area contributed by atoms with E-state index in [-0.39, 0.29) is 29.0 Å². The van der Waals surface area contributed by atoms with Crippen LogP contribution >= 0.6 is 0 Å². The predicted octanol–water partition coefficient (Wildman–Crippen LogP) is 7.35. The minimum absolute atomic E-state index is 0.0502. The summed E-state index contributed by atoms with van der Waals surface area (Å²) in [5.74, 6) is -0.732. The van der Waals surface area contributed by atoms with Crippen molar-refractivity contribution in [2.45, 2.75) is 90.8 Å². The second kappa shape index (κ2) is 16.9. The van der Waals surface area contributed by atoms with Gasteiger partial charge in [0.2, 0.25) is 0 Å². The number of hydrogen-bond donors (Lipinski definition) is 2. The van der Waals surface area contributed by atoms with Gasteiger partial charge < -0.3 is 39.3 Å². The zero-order valence-electron chi connectivity index (χ0n) is 32.3. The Hall–Kier alpha value is -4.55. The molecule has 2 N–H and O–H groups in total. The molecule has 0 saturated carbocycles. The van der Waals surface area contributed by atoms with E-state index in [4.69, 9.17) is 19.3 Å². The first-order valence-electron chi connectivity index (χ1n) is 18.1. The molecule has 6 heterocycles. The SMILES string of the molecule is CC(C)(C)OC(=O)N1CC2(CCN(C(=O)Oc3cncc(C(F)(F)F)c3)CC2)C1.CC(C)(C)OC(=O)N1CC2(CCNCC2)C1.Oc1cncc(C(F)(F)F)c1. The van der Waals surface area contributed by atoms with Crippen LogP contribution in [0.4, 0.5) is 40.7 Å². The molecule has 4 fully saturated rings. The average Bonchev–Trinajstić information content (AvgIpc) is 3.05. The number of carbonyl (C=O) groups excluding carboxylic acids is 3. The van der Waals surface area contributed by atoms with E-state index in [0.717, 1.165) is 44.6 Å². The summed E-state index contributed by atoms with van der Waals surface area (Å²) < 4.78 is 89.4. The number of nitrogens with one attached hydrogen (secondary N) is 1. The summed E-state index contributed by atoms with van der Waals surface area (Å²) in [6, 6.07) is 1.37. The molecule has 4 saturated heterocycles. The minimum Gasteiger partial charge on any atom is -0.506 e. The third kappa shape index (κ3) is 12.7. The normalized spacial score (nSPS) is 19.0. The lowest BCUT2D eigenvalue weighted by Crippen LogP contribution is -2.62. The Morgan fingerprint density at radius 2 is 1.07 bits per heavy atom.